The van der Waals surface area contributed by atoms with Crippen LogP contribution in [0.25, 0.3) is 0 Å². The fourth-order valence-corrected chi connectivity index (χ4v) is 3.61. The summed E-state index contributed by atoms with van der Waals surface area (Å²) in [7, 11) is -1.86. The quantitative estimate of drug-likeness (QED) is 0.274. The molecule has 0 aliphatic rings. The zero-order chi connectivity index (χ0) is 20.3. The largest absolute Gasteiger partial charge is 0.507 e. The molecule has 9 heteroatoms. The number of nitro groups is 1. The van der Waals surface area contributed by atoms with Crippen molar-refractivity contribution in [2.24, 2.45) is 10.2 Å². The zero-order valence-electron chi connectivity index (χ0n) is 14.6. The fourth-order valence-electron chi connectivity index (χ4n) is 2.42. The maximum Gasteiger partial charge on any atom is 0.296 e. The van der Waals surface area contributed by atoms with E-state index in [9.17, 15) is 24.5 Å². The highest BCUT2D eigenvalue weighted by Gasteiger charge is 2.21. The number of hydrogen-bond acceptors (Lipinski definition) is 7. The van der Waals surface area contributed by atoms with Gasteiger partial charge in [-0.1, -0.05) is 29.8 Å². The number of aryl methyl sites for hydroxylation is 1. The number of hydrogen-bond donors (Lipinski definition) is 2. The van der Waals surface area contributed by atoms with Crippen LogP contribution in [0.15, 0.2) is 80.7 Å². The van der Waals surface area contributed by atoms with Crippen molar-refractivity contribution in [3.05, 3.63) is 76.3 Å². The van der Waals surface area contributed by atoms with Gasteiger partial charge in [-0.25, -0.2) is 4.21 Å². The Kier molecular flexibility index (Phi) is 5.46. The van der Waals surface area contributed by atoms with Crippen molar-refractivity contribution in [2.45, 2.75) is 16.7 Å². The average Bonchev–Trinajstić information content (AvgIpc) is 2.68. The lowest BCUT2D eigenvalue weighted by Crippen LogP contribution is -1.95. The molecule has 0 aliphatic heterocycles. The van der Waals surface area contributed by atoms with Gasteiger partial charge in [0.15, 0.2) is 5.69 Å². The number of nitro benzene ring substituents is 1. The molecule has 1 unspecified atom stereocenters. The molecule has 28 heavy (non-hydrogen) atoms. The predicted octanol–water partition coefficient (Wildman–Crippen LogP) is 4.90. The molecule has 0 amide bonds. The van der Waals surface area contributed by atoms with E-state index in [1.54, 1.807) is 30.3 Å². The van der Waals surface area contributed by atoms with Gasteiger partial charge in [0.05, 0.1) is 15.7 Å². The summed E-state index contributed by atoms with van der Waals surface area (Å²) >= 11 is 0. The second kappa shape index (κ2) is 7.97. The van der Waals surface area contributed by atoms with E-state index in [4.69, 9.17) is 0 Å². The van der Waals surface area contributed by atoms with E-state index in [0.29, 0.717) is 4.90 Å². The van der Waals surface area contributed by atoms with Gasteiger partial charge < -0.3 is 10.2 Å². The van der Waals surface area contributed by atoms with Crippen LogP contribution in [0, 0.1) is 17.0 Å². The minimum Gasteiger partial charge on any atom is -0.507 e. The van der Waals surface area contributed by atoms with Crippen LogP contribution in [-0.2, 0) is 10.8 Å². The predicted molar refractivity (Wildman–Crippen MR) is 103 cm³/mol. The summed E-state index contributed by atoms with van der Waals surface area (Å²) in [6.45, 7) is 1.88. The first-order chi connectivity index (χ1) is 13.4. The van der Waals surface area contributed by atoms with Crippen LogP contribution in [0.1, 0.15) is 5.56 Å². The summed E-state index contributed by atoms with van der Waals surface area (Å²) in [6.07, 6.45) is 0. The number of phenols is 2. The van der Waals surface area contributed by atoms with Gasteiger partial charge in [0.25, 0.3) is 5.69 Å². The Morgan fingerprint density at radius 2 is 1.57 bits per heavy atom. The van der Waals surface area contributed by atoms with Gasteiger partial charge in [-0.3, -0.25) is 10.1 Å². The molecule has 0 aromatic heterocycles. The van der Waals surface area contributed by atoms with Gasteiger partial charge in [0.2, 0.25) is 0 Å². The van der Waals surface area contributed by atoms with Crippen molar-refractivity contribution >= 4 is 27.9 Å². The van der Waals surface area contributed by atoms with Crippen molar-refractivity contribution in [1.82, 2.24) is 0 Å². The monoisotopic (exact) mass is 397 g/mol. The first kappa shape index (κ1) is 19.2. The van der Waals surface area contributed by atoms with Crippen molar-refractivity contribution in [2.75, 3.05) is 0 Å². The smallest absolute Gasteiger partial charge is 0.296 e. The Morgan fingerprint density at radius 1 is 0.929 bits per heavy atom. The van der Waals surface area contributed by atoms with Gasteiger partial charge in [0.1, 0.15) is 22.1 Å². The third kappa shape index (κ3) is 3.89. The maximum absolute atomic E-state index is 13.0. The van der Waals surface area contributed by atoms with Crippen LogP contribution in [-0.4, -0.2) is 19.3 Å². The van der Waals surface area contributed by atoms with Crippen LogP contribution in [0.2, 0.25) is 0 Å². The van der Waals surface area contributed by atoms with Gasteiger partial charge >= 0.3 is 0 Å². The standard InChI is InChI=1S/C19H15N3O5S/c1-12-6-8-13(9-7-12)28(27)19-17(24)11-10-16(23)18(19)21-20-14-4-2-3-5-15(14)22(25)26/h2-11,23-24H,1H3. The van der Waals surface area contributed by atoms with E-state index in [1.165, 1.54) is 30.3 Å². The minimum atomic E-state index is -1.86. The number of azo groups is 1. The molecule has 0 fully saturated rings. The Labute approximate surface area is 162 Å². The molecule has 3 aromatic rings. The molecule has 0 aliphatic carbocycles. The van der Waals surface area contributed by atoms with E-state index in [-0.39, 0.29) is 33.5 Å². The van der Waals surface area contributed by atoms with Crippen molar-refractivity contribution < 1.29 is 19.3 Å². The number of para-hydroxylation sites is 1. The molecule has 1 atom stereocenters. The van der Waals surface area contributed by atoms with Crippen molar-refractivity contribution in [3.63, 3.8) is 0 Å². The van der Waals surface area contributed by atoms with Crippen LogP contribution >= 0.6 is 0 Å². The van der Waals surface area contributed by atoms with Crippen molar-refractivity contribution in [1.29, 1.82) is 0 Å². The molecule has 0 heterocycles. The lowest BCUT2D eigenvalue weighted by molar-refractivity contribution is -0.384. The molecule has 8 nitrogen and oxygen atoms in total. The second-order valence-corrected chi connectivity index (χ2v) is 7.23. The molecule has 0 radical (unpaired) electrons. The SMILES string of the molecule is Cc1ccc(S(=O)c2c(O)ccc(O)c2N=Nc2ccccc2[N+](=O)[O-])cc1. The van der Waals surface area contributed by atoms with E-state index < -0.39 is 15.7 Å². The molecular formula is C19H15N3O5S. The molecular weight excluding hydrogens is 382 g/mol. The minimum absolute atomic E-state index is 0.0395. The Balaban J connectivity index is 2.10. The van der Waals surface area contributed by atoms with Crippen molar-refractivity contribution in [3.8, 4) is 11.5 Å². The Morgan fingerprint density at radius 3 is 2.25 bits per heavy atom. The molecule has 0 spiro atoms. The number of aromatic hydroxyl groups is 2. The van der Waals surface area contributed by atoms with E-state index in [1.807, 2.05) is 6.92 Å². The summed E-state index contributed by atoms with van der Waals surface area (Å²) in [5.74, 6) is -0.705. The number of rotatable bonds is 5. The summed E-state index contributed by atoms with van der Waals surface area (Å²) in [5.41, 5.74) is 0.434. The molecule has 0 saturated heterocycles. The lowest BCUT2D eigenvalue weighted by atomic mass is 10.2. The first-order valence-corrected chi connectivity index (χ1v) is 9.22. The van der Waals surface area contributed by atoms with E-state index in [0.717, 1.165) is 5.56 Å². The third-order valence-electron chi connectivity index (χ3n) is 3.85. The first-order valence-electron chi connectivity index (χ1n) is 8.07. The highest BCUT2D eigenvalue weighted by atomic mass is 32.2. The topological polar surface area (TPSA) is 125 Å². The fraction of sp³-hybridized carbons (Fsp3) is 0.0526. The molecule has 0 bridgehead atoms. The second-order valence-electron chi connectivity index (χ2n) is 5.81. The molecule has 2 N–H and O–H groups in total. The van der Waals surface area contributed by atoms with Crippen LogP contribution in [0.5, 0.6) is 11.5 Å². The number of phenolic OH excluding ortho intramolecular Hbond substituents is 2. The Bertz CT molecular complexity index is 1100. The summed E-state index contributed by atoms with van der Waals surface area (Å²) < 4.78 is 13.0. The van der Waals surface area contributed by atoms with E-state index in [2.05, 4.69) is 10.2 Å². The number of nitrogens with zero attached hydrogens (tertiary/aromatic N) is 3. The van der Waals surface area contributed by atoms with Gasteiger partial charge in [-0.15, -0.1) is 10.2 Å². The molecule has 0 saturated carbocycles. The van der Waals surface area contributed by atoms with Crippen LogP contribution < -0.4 is 0 Å². The van der Waals surface area contributed by atoms with Crippen LogP contribution in [0.4, 0.5) is 17.1 Å². The van der Waals surface area contributed by atoms with Gasteiger partial charge in [-0.05, 0) is 37.3 Å². The number of benzene rings is 3. The summed E-state index contributed by atoms with van der Waals surface area (Å²) in [4.78, 5) is 10.8. The van der Waals surface area contributed by atoms with Gasteiger partial charge in [0, 0.05) is 11.0 Å². The lowest BCUT2D eigenvalue weighted by Gasteiger charge is -2.09. The van der Waals surface area contributed by atoms with Gasteiger partial charge in [-0.2, -0.15) is 0 Å². The summed E-state index contributed by atoms with van der Waals surface area (Å²) in [5, 5.41) is 39.2. The van der Waals surface area contributed by atoms with E-state index >= 15 is 0 Å². The third-order valence-corrected chi connectivity index (χ3v) is 5.32. The highest BCUT2D eigenvalue weighted by molar-refractivity contribution is 7.85. The Hall–Kier alpha value is -3.59. The molecule has 3 rings (SSSR count). The molecule has 3 aromatic carbocycles. The van der Waals surface area contributed by atoms with Crippen LogP contribution in [0.3, 0.4) is 0 Å². The summed E-state index contributed by atoms with van der Waals surface area (Å²) in [6, 6.07) is 14.9. The highest BCUT2D eigenvalue weighted by Crippen LogP contribution is 2.42. The average molecular weight is 397 g/mol. The zero-order valence-corrected chi connectivity index (χ0v) is 15.5. The maximum atomic E-state index is 13.0. The molecule has 142 valence electrons. The normalized spacial score (nSPS) is 12.2.